The highest BCUT2D eigenvalue weighted by Gasteiger charge is 2.48. The van der Waals surface area contributed by atoms with E-state index in [4.69, 9.17) is 9.47 Å². The molecule has 0 aromatic heterocycles. The highest BCUT2D eigenvalue weighted by atomic mass is 32.2. The largest absolute Gasteiger partial charge is 0.731 e. The molecule has 0 fully saturated rings. The van der Waals surface area contributed by atoms with Gasteiger partial charge in [0, 0.05) is 5.69 Å². The number of benzene rings is 2. The molecule has 2 aromatic carbocycles. The van der Waals surface area contributed by atoms with Crippen LogP contribution in [-0.4, -0.2) is 53.3 Å². The second-order valence-electron chi connectivity index (χ2n) is 7.23. The van der Waals surface area contributed by atoms with Gasteiger partial charge in [0.15, 0.2) is 25.6 Å². The van der Waals surface area contributed by atoms with Crippen molar-refractivity contribution in [2.24, 2.45) is 5.41 Å². The van der Waals surface area contributed by atoms with Crippen LogP contribution in [0.2, 0.25) is 0 Å². The Bertz CT molecular complexity index is 1160. The van der Waals surface area contributed by atoms with Crippen LogP contribution in [0.4, 0.5) is 5.69 Å². The van der Waals surface area contributed by atoms with Crippen LogP contribution in [0.5, 0.6) is 0 Å². The van der Waals surface area contributed by atoms with Gasteiger partial charge in [-0.05, 0) is 49.1 Å². The van der Waals surface area contributed by atoms with Gasteiger partial charge in [-0.1, -0.05) is 30.3 Å². The van der Waals surface area contributed by atoms with Crippen molar-refractivity contribution in [3.63, 3.8) is 0 Å². The lowest BCUT2D eigenvalue weighted by Crippen LogP contribution is -2.43. The monoisotopic (exact) mass is 516 g/mol. The van der Waals surface area contributed by atoms with E-state index in [1.165, 1.54) is 36.4 Å². The lowest BCUT2D eigenvalue weighted by molar-refractivity contribution is -0.169. The van der Waals surface area contributed by atoms with E-state index in [1.807, 2.05) is 0 Å². The fraction of sp³-hybridized carbons (Fsp3) is 0.333. The third-order valence-electron chi connectivity index (χ3n) is 4.97. The van der Waals surface area contributed by atoms with Crippen LogP contribution in [-0.2, 0) is 45.6 Å². The van der Waals surface area contributed by atoms with Gasteiger partial charge in [-0.3, -0.25) is 14.3 Å². The molecule has 0 spiro atoms. The first kappa shape index (κ1) is 29.0. The smallest absolute Gasteiger partial charge is 0.323 e. The number of methoxy groups -OCH3 is 2. The standard InChI is InChI=1S/C21H25NO9S2.H3N/c1-30-19(23)21(20(24)31-2,13-6-14-32(25,26)18-7-4-3-5-8-18)15-16-9-11-17(12-10-16)22-33(27,28)29;/h3-5,7-12,22H,6,13-15H2,1-2H3,(H,27,28,29);1H3. The Morgan fingerprint density at radius 1 is 0.912 bits per heavy atom. The molecule has 2 aromatic rings. The first-order valence-corrected chi connectivity index (χ1v) is 12.8. The van der Waals surface area contributed by atoms with Crippen molar-refractivity contribution in [3.8, 4) is 0 Å². The average molecular weight is 517 g/mol. The van der Waals surface area contributed by atoms with Crippen LogP contribution < -0.4 is 10.9 Å². The van der Waals surface area contributed by atoms with Gasteiger partial charge in [-0.25, -0.2) is 16.8 Å². The topological polar surface area (TPSA) is 192 Å². The number of sulfone groups is 1. The van der Waals surface area contributed by atoms with Gasteiger partial charge in [-0.2, -0.15) is 0 Å². The minimum atomic E-state index is -4.71. The molecular formula is C21H28N2O9S2. The molecule has 0 aliphatic heterocycles. The molecule has 0 bridgehead atoms. The number of rotatable bonds is 11. The Balaban J connectivity index is 0.00000578. The van der Waals surface area contributed by atoms with Crippen LogP contribution in [0.25, 0.3) is 0 Å². The van der Waals surface area contributed by atoms with Crippen molar-refractivity contribution in [1.29, 1.82) is 0 Å². The fourth-order valence-electron chi connectivity index (χ4n) is 3.40. The van der Waals surface area contributed by atoms with E-state index in [0.717, 1.165) is 14.2 Å². The van der Waals surface area contributed by atoms with Crippen molar-refractivity contribution in [2.45, 2.75) is 24.2 Å². The quantitative estimate of drug-likeness (QED) is 0.255. The Labute approximate surface area is 198 Å². The van der Waals surface area contributed by atoms with Crippen LogP contribution in [0.1, 0.15) is 18.4 Å². The first-order chi connectivity index (χ1) is 15.4. The third kappa shape index (κ3) is 7.52. The summed E-state index contributed by atoms with van der Waals surface area (Å²) in [4.78, 5) is 25.6. The molecule has 0 amide bonds. The minimum Gasteiger partial charge on any atom is -0.731 e. The summed E-state index contributed by atoms with van der Waals surface area (Å²) in [5.74, 6) is -2.09. The van der Waals surface area contributed by atoms with Crippen molar-refractivity contribution in [2.75, 3.05) is 24.7 Å². The Hall–Kier alpha value is -3.00. The summed E-state index contributed by atoms with van der Waals surface area (Å²) in [6.07, 6.45) is -0.398. The third-order valence-corrected chi connectivity index (χ3v) is 7.28. The number of carbonyl (C=O) groups is 2. The predicted octanol–water partition coefficient (Wildman–Crippen LogP) is 2.06. The van der Waals surface area contributed by atoms with Gasteiger partial charge < -0.3 is 20.2 Å². The number of ether oxygens (including phenoxy) is 2. The number of hydrogen-bond donors (Lipinski definition) is 2. The molecule has 5 N–H and O–H groups in total. The highest BCUT2D eigenvalue weighted by molar-refractivity contribution is 7.91. The second-order valence-corrected chi connectivity index (χ2v) is 10.5. The molecule has 0 unspecified atom stereocenters. The summed E-state index contributed by atoms with van der Waals surface area (Å²) in [6.45, 7) is 0. The van der Waals surface area contributed by atoms with Gasteiger partial charge in [-0.15, -0.1) is 0 Å². The van der Waals surface area contributed by atoms with Crippen LogP contribution >= 0.6 is 0 Å². The number of nitrogens with one attached hydrogen (secondary N) is 1. The molecule has 188 valence electrons. The summed E-state index contributed by atoms with van der Waals surface area (Å²) >= 11 is 0. The molecule has 2 rings (SSSR count). The average Bonchev–Trinajstić information content (AvgIpc) is 2.78. The zero-order chi connectivity index (χ0) is 24.7. The Kier molecular flexibility index (Phi) is 10.2. The van der Waals surface area contributed by atoms with Crippen LogP contribution in [0.3, 0.4) is 0 Å². The van der Waals surface area contributed by atoms with Crippen molar-refractivity contribution < 1.29 is 40.5 Å². The van der Waals surface area contributed by atoms with E-state index in [0.29, 0.717) is 5.56 Å². The molecule has 13 heteroatoms. The van der Waals surface area contributed by atoms with E-state index in [-0.39, 0.29) is 41.7 Å². The van der Waals surface area contributed by atoms with E-state index in [2.05, 4.69) is 0 Å². The SMILES string of the molecule is COC(=O)C(CCCS(=O)(=O)c1ccccc1)(Cc1ccc(NS(=O)(=O)[O-])cc1)C(=O)OC.[NH4+]. The molecule has 0 aliphatic rings. The number of hydrogen-bond acceptors (Lipinski definition) is 9. The van der Waals surface area contributed by atoms with E-state index in [9.17, 15) is 31.0 Å². The van der Waals surface area contributed by atoms with Crippen molar-refractivity contribution >= 4 is 37.8 Å². The maximum Gasteiger partial charge on any atom is 0.323 e. The summed E-state index contributed by atoms with van der Waals surface area (Å²) in [6, 6.07) is 13.2. The van der Waals surface area contributed by atoms with Gasteiger partial charge in [0.1, 0.15) is 0 Å². The van der Waals surface area contributed by atoms with Crippen molar-refractivity contribution in [1.82, 2.24) is 6.15 Å². The molecule has 34 heavy (non-hydrogen) atoms. The van der Waals surface area contributed by atoms with Gasteiger partial charge >= 0.3 is 11.9 Å². The summed E-state index contributed by atoms with van der Waals surface area (Å²) < 4.78 is 69.2. The number of quaternary nitrogens is 1. The molecule has 0 atom stereocenters. The zero-order valence-corrected chi connectivity index (χ0v) is 20.6. The molecule has 0 radical (unpaired) electrons. The van der Waals surface area contributed by atoms with Gasteiger partial charge in [0.05, 0.1) is 24.9 Å². The number of carbonyl (C=O) groups excluding carboxylic acids is 2. The summed E-state index contributed by atoms with van der Waals surface area (Å²) in [5.41, 5.74) is -1.38. The molecule has 11 nitrogen and oxygen atoms in total. The van der Waals surface area contributed by atoms with Crippen LogP contribution in [0.15, 0.2) is 59.5 Å². The predicted molar refractivity (Wildman–Crippen MR) is 124 cm³/mol. The first-order valence-electron chi connectivity index (χ1n) is 9.71. The second kappa shape index (κ2) is 11.9. The molecule has 0 saturated carbocycles. The molecular weight excluding hydrogens is 488 g/mol. The fourth-order valence-corrected chi connectivity index (χ4v) is 5.16. The number of anilines is 1. The minimum absolute atomic E-state index is 0. The van der Waals surface area contributed by atoms with Gasteiger partial charge in [0.25, 0.3) is 0 Å². The Morgan fingerprint density at radius 2 is 1.44 bits per heavy atom. The molecule has 0 aliphatic carbocycles. The van der Waals surface area contributed by atoms with Crippen molar-refractivity contribution in [3.05, 3.63) is 60.2 Å². The zero-order valence-electron chi connectivity index (χ0n) is 19.0. The van der Waals surface area contributed by atoms with Crippen LogP contribution in [0, 0.1) is 5.41 Å². The normalized spacial score (nSPS) is 11.7. The lowest BCUT2D eigenvalue weighted by Gasteiger charge is -2.28. The molecule has 0 heterocycles. The maximum atomic E-state index is 12.7. The Morgan fingerprint density at radius 3 is 1.91 bits per heavy atom. The van der Waals surface area contributed by atoms with E-state index < -0.39 is 37.5 Å². The lowest BCUT2D eigenvalue weighted by atomic mass is 9.77. The molecule has 0 saturated heterocycles. The van der Waals surface area contributed by atoms with E-state index in [1.54, 1.807) is 22.9 Å². The summed E-state index contributed by atoms with van der Waals surface area (Å²) in [5, 5.41) is 0. The maximum absolute atomic E-state index is 12.7. The number of esters is 2. The highest BCUT2D eigenvalue weighted by Crippen LogP contribution is 2.33. The summed E-state index contributed by atoms with van der Waals surface area (Å²) in [7, 11) is -6.15. The van der Waals surface area contributed by atoms with Gasteiger partial charge in [0.2, 0.25) is 0 Å². The van der Waals surface area contributed by atoms with E-state index >= 15 is 0 Å².